The normalized spacial score (nSPS) is 15.5. The number of hydrogen-bond acceptors (Lipinski definition) is 4. The summed E-state index contributed by atoms with van der Waals surface area (Å²) in [6, 6.07) is 5.43. The summed E-state index contributed by atoms with van der Waals surface area (Å²) in [5, 5.41) is 9.75. The number of H-pyrrole nitrogens is 1. The molecule has 0 spiro atoms. The number of hydrogen-bond donors (Lipinski definition) is 2. The zero-order valence-corrected chi connectivity index (χ0v) is 14.1. The Morgan fingerprint density at radius 3 is 2.96 bits per heavy atom. The lowest BCUT2D eigenvalue weighted by Gasteiger charge is -2.21. The number of nitrogens with one attached hydrogen (secondary N) is 2. The smallest absolute Gasteiger partial charge is 0.271 e. The molecule has 0 unspecified atom stereocenters. The van der Waals surface area contributed by atoms with Crippen LogP contribution in [0.15, 0.2) is 22.6 Å². The van der Waals surface area contributed by atoms with E-state index >= 15 is 0 Å². The van der Waals surface area contributed by atoms with Crippen LogP contribution in [0.3, 0.4) is 0 Å². The maximum atomic E-state index is 12.1. The Morgan fingerprint density at radius 2 is 2.21 bits per heavy atom. The Balaban J connectivity index is 1.38. The highest BCUT2D eigenvalue weighted by molar-refractivity contribution is 5.93. The van der Waals surface area contributed by atoms with Gasteiger partial charge in [-0.15, -0.1) is 0 Å². The van der Waals surface area contributed by atoms with Gasteiger partial charge in [-0.05, 0) is 38.3 Å². The number of aryl methyl sites for hydroxylation is 1. The highest BCUT2D eigenvalue weighted by Gasteiger charge is 2.14. The van der Waals surface area contributed by atoms with Gasteiger partial charge < -0.3 is 14.5 Å². The van der Waals surface area contributed by atoms with Crippen molar-refractivity contribution in [2.75, 3.05) is 13.2 Å². The molecule has 0 saturated heterocycles. The second-order valence-electron chi connectivity index (χ2n) is 6.32. The van der Waals surface area contributed by atoms with Gasteiger partial charge in [0.1, 0.15) is 11.5 Å². The van der Waals surface area contributed by atoms with Gasteiger partial charge in [-0.1, -0.05) is 19.3 Å². The molecule has 2 aromatic rings. The molecule has 6 nitrogen and oxygen atoms in total. The second-order valence-corrected chi connectivity index (χ2v) is 6.32. The molecule has 1 saturated carbocycles. The SMILES string of the molecule is Cc1ccc(-c2cc(C(=O)NCCCOC3CCCCC3)n[nH]2)o1. The lowest BCUT2D eigenvalue weighted by atomic mass is 9.98. The van der Waals surface area contributed by atoms with Crippen LogP contribution in [-0.4, -0.2) is 35.4 Å². The summed E-state index contributed by atoms with van der Waals surface area (Å²) < 4.78 is 11.4. The van der Waals surface area contributed by atoms with E-state index in [9.17, 15) is 4.79 Å². The number of aromatic nitrogens is 2. The maximum Gasteiger partial charge on any atom is 0.271 e. The first-order chi connectivity index (χ1) is 11.7. The van der Waals surface area contributed by atoms with Crippen molar-refractivity contribution in [1.82, 2.24) is 15.5 Å². The van der Waals surface area contributed by atoms with E-state index in [4.69, 9.17) is 9.15 Å². The van der Waals surface area contributed by atoms with Crippen LogP contribution in [0.25, 0.3) is 11.5 Å². The summed E-state index contributed by atoms with van der Waals surface area (Å²) in [5.41, 5.74) is 1.07. The second kappa shape index (κ2) is 8.15. The van der Waals surface area contributed by atoms with Gasteiger partial charge in [-0.25, -0.2) is 0 Å². The minimum Gasteiger partial charge on any atom is -0.460 e. The van der Waals surface area contributed by atoms with Crippen LogP contribution >= 0.6 is 0 Å². The molecule has 24 heavy (non-hydrogen) atoms. The van der Waals surface area contributed by atoms with Crippen LogP contribution < -0.4 is 5.32 Å². The summed E-state index contributed by atoms with van der Waals surface area (Å²) >= 11 is 0. The molecule has 2 heterocycles. The highest BCUT2D eigenvalue weighted by atomic mass is 16.5. The molecule has 0 aliphatic heterocycles. The fraction of sp³-hybridized carbons (Fsp3) is 0.556. The number of aromatic amines is 1. The summed E-state index contributed by atoms with van der Waals surface area (Å²) in [4.78, 5) is 12.1. The molecule has 3 rings (SSSR count). The highest BCUT2D eigenvalue weighted by Crippen LogP contribution is 2.21. The number of amides is 1. The molecular weight excluding hydrogens is 306 g/mol. The van der Waals surface area contributed by atoms with Gasteiger partial charge in [-0.3, -0.25) is 9.89 Å². The summed E-state index contributed by atoms with van der Waals surface area (Å²) in [6.07, 6.45) is 7.47. The van der Waals surface area contributed by atoms with Gasteiger partial charge in [0, 0.05) is 19.2 Å². The first-order valence-corrected chi connectivity index (χ1v) is 8.74. The molecule has 1 amide bonds. The number of carbonyl (C=O) groups is 1. The Hall–Kier alpha value is -2.08. The quantitative estimate of drug-likeness (QED) is 0.762. The third-order valence-electron chi connectivity index (χ3n) is 4.33. The number of furan rings is 1. The van der Waals surface area contributed by atoms with Crippen molar-refractivity contribution < 1.29 is 13.9 Å². The monoisotopic (exact) mass is 331 g/mol. The number of nitrogens with zero attached hydrogens (tertiary/aromatic N) is 1. The first-order valence-electron chi connectivity index (χ1n) is 8.74. The van der Waals surface area contributed by atoms with Crippen LogP contribution in [0.4, 0.5) is 0 Å². The maximum absolute atomic E-state index is 12.1. The lowest BCUT2D eigenvalue weighted by molar-refractivity contribution is 0.0273. The molecule has 1 aliphatic rings. The molecule has 0 aromatic carbocycles. The fourth-order valence-electron chi connectivity index (χ4n) is 2.99. The molecule has 6 heteroatoms. The number of rotatable bonds is 7. The lowest BCUT2D eigenvalue weighted by Crippen LogP contribution is -2.26. The van der Waals surface area contributed by atoms with Crippen LogP contribution in [-0.2, 0) is 4.74 Å². The molecule has 130 valence electrons. The van der Waals surface area contributed by atoms with Gasteiger partial charge in [0.05, 0.1) is 6.10 Å². The van der Waals surface area contributed by atoms with Crippen LogP contribution in [0.2, 0.25) is 0 Å². The molecule has 2 N–H and O–H groups in total. The molecule has 0 atom stereocenters. The van der Waals surface area contributed by atoms with Crippen LogP contribution in [0.5, 0.6) is 0 Å². The third-order valence-corrected chi connectivity index (χ3v) is 4.33. The van der Waals surface area contributed by atoms with Crippen molar-refractivity contribution in [3.05, 3.63) is 29.7 Å². The standard InChI is InChI=1S/C18H25N3O3/c1-13-8-9-17(24-13)15-12-16(21-20-15)18(22)19-10-5-11-23-14-6-3-2-4-7-14/h8-9,12,14H,2-7,10-11H2,1H3,(H,19,22)(H,20,21). The average molecular weight is 331 g/mol. The van der Waals surface area contributed by atoms with Crippen molar-refractivity contribution >= 4 is 5.91 Å². The van der Waals surface area contributed by atoms with Crippen LogP contribution in [0, 0.1) is 6.92 Å². The Bertz CT molecular complexity index is 656. The predicted octanol–water partition coefficient (Wildman–Crippen LogP) is 3.45. The summed E-state index contributed by atoms with van der Waals surface area (Å²) in [5.74, 6) is 1.32. The summed E-state index contributed by atoms with van der Waals surface area (Å²) in [6.45, 7) is 3.17. The molecule has 0 radical (unpaired) electrons. The van der Waals surface area contributed by atoms with Gasteiger partial charge in [-0.2, -0.15) is 5.10 Å². The molecule has 2 aromatic heterocycles. The molecular formula is C18H25N3O3. The first kappa shape index (κ1) is 16.8. The van der Waals surface area contributed by atoms with E-state index in [2.05, 4.69) is 15.5 Å². The minimum atomic E-state index is -0.182. The van der Waals surface area contributed by atoms with E-state index in [0.717, 1.165) is 12.2 Å². The Labute approximate surface area is 142 Å². The van der Waals surface area contributed by atoms with Gasteiger partial charge >= 0.3 is 0 Å². The Kier molecular flexibility index (Phi) is 5.69. The zero-order valence-electron chi connectivity index (χ0n) is 14.1. The average Bonchev–Trinajstić information content (AvgIpc) is 3.24. The van der Waals surface area contributed by atoms with Crippen molar-refractivity contribution in [3.63, 3.8) is 0 Å². The zero-order chi connectivity index (χ0) is 16.8. The van der Waals surface area contributed by atoms with Crippen molar-refractivity contribution in [3.8, 4) is 11.5 Å². The summed E-state index contributed by atoms with van der Waals surface area (Å²) in [7, 11) is 0. The largest absolute Gasteiger partial charge is 0.460 e. The van der Waals surface area contributed by atoms with Gasteiger partial charge in [0.2, 0.25) is 0 Å². The van der Waals surface area contributed by atoms with E-state index in [0.29, 0.717) is 36.4 Å². The van der Waals surface area contributed by atoms with Gasteiger partial charge in [0.15, 0.2) is 11.5 Å². The number of carbonyl (C=O) groups excluding carboxylic acids is 1. The minimum absolute atomic E-state index is 0.182. The molecule has 1 fully saturated rings. The van der Waals surface area contributed by atoms with E-state index < -0.39 is 0 Å². The van der Waals surface area contributed by atoms with Crippen LogP contribution in [0.1, 0.15) is 54.8 Å². The van der Waals surface area contributed by atoms with Crippen molar-refractivity contribution in [2.45, 2.75) is 51.6 Å². The third kappa shape index (κ3) is 4.47. The Morgan fingerprint density at radius 1 is 1.38 bits per heavy atom. The topological polar surface area (TPSA) is 80.1 Å². The van der Waals surface area contributed by atoms with Gasteiger partial charge in [0.25, 0.3) is 5.91 Å². The van der Waals surface area contributed by atoms with E-state index in [1.807, 2.05) is 19.1 Å². The predicted molar refractivity (Wildman–Crippen MR) is 90.8 cm³/mol. The van der Waals surface area contributed by atoms with E-state index in [1.165, 1.54) is 32.1 Å². The van der Waals surface area contributed by atoms with Crippen molar-refractivity contribution in [1.29, 1.82) is 0 Å². The fourth-order valence-corrected chi connectivity index (χ4v) is 2.99. The molecule has 1 aliphatic carbocycles. The van der Waals surface area contributed by atoms with E-state index in [1.54, 1.807) is 6.07 Å². The number of ether oxygens (including phenoxy) is 1. The van der Waals surface area contributed by atoms with Crippen molar-refractivity contribution in [2.24, 2.45) is 0 Å². The van der Waals surface area contributed by atoms with E-state index in [-0.39, 0.29) is 5.91 Å². The molecule has 0 bridgehead atoms.